The van der Waals surface area contributed by atoms with Crippen LogP contribution in [-0.2, 0) is 0 Å². The molecule has 1 atom stereocenters. The number of anilines is 1. The second-order valence-electron chi connectivity index (χ2n) is 4.19. The van der Waals surface area contributed by atoms with Crippen LogP contribution < -0.4 is 5.32 Å². The number of hydrogen-bond donors (Lipinski definition) is 2. The lowest BCUT2D eigenvalue weighted by atomic mass is 10.1. The molecule has 0 amide bonds. The second-order valence-corrected chi connectivity index (χ2v) is 5.11. The van der Waals surface area contributed by atoms with Crippen LogP contribution in [0.1, 0.15) is 11.7 Å². The normalized spacial score (nSPS) is 12.2. The minimum absolute atomic E-state index is 0.0961. The summed E-state index contributed by atoms with van der Waals surface area (Å²) in [5.41, 5.74) is 0.145. The van der Waals surface area contributed by atoms with Crippen molar-refractivity contribution in [2.45, 2.75) is 6.10 Å². The van der Waals surface area contributed by atoms with E-state index in [1.54, 1.807) is 0 Å². The van der Waals surface area contributed by atoms with Crippen LogP contribution in [0.25, 0.3) is 0 Å². The summed E-state index contributed by atoms with van der Waals surface area (Å²) in [6.45, 7) is -0.0961. The average Bonchev–Trinajstić information content (AvgIpc) is 2.38. The number of aliphatic hydroxyl groups excluding tert-OH is 1. The second kappa shape index (κ2) is 6.28. The van der Waals surface area contributed by atoms with E-state index < -0.39 is 23.6 Å². The lowest BCUT2D eigenvalue weighted by Gasteiger charge is -2.14. The molecule has 0 aromatic heterocycles. The number of nitrogens with one attached hydrogen (secondary N) is 1. The maximum atomic E-state index is 13.6. The molecule has 0 aliphatic carbocycles. The van der Waals surface area contributed by atoms with Gasteiger partial charge in [-0.15, -0.1) is 0 Å². The number of rotatable bonds is 4. The summed E-state index contributed by atoms with van der Waals surface area (Å²) in [6.07, 6.45) is -1.00. The van der Waals surface area contributed by atoms with E-state index in [1.807, 2.05) is 0 Å². The van der Waals surface area contributed by atoms with Crippen molar-refractivity contribution in [2.75, 3.05) is 11.9 Å². The van der Waals surface area contributed by atoms with Gasteiger partial charge in [0.2, 0.25) is 0 Å². The molecule has 0 aliphatic rings. The predicted molar refractivity (Wildman–Crippen MR) is 73.9 cm³/mol. The first-order valence-electron chi connectivity index (χ1n) is 5.79. The van der Waals surface area contributed by atoms with Crippen molar-refractivity contribution in [3.63, 3.8) is 0 Å². The minimum atomic E-state index is -1.00. The first kappa shape index (κ1) is 14.9. The first-order valence-corrected chi connectivity index (χ1v) is 6.58. The van der Waals surface area contributed by atoms with Gasteiger partial charge in [0.1, 0.15) is 23.1 Å². The van der Waals surface area contributed by atoms with Gasteiger partial charge in [-0.25, -0.2) is 13.2 Å². The Kier molecular flexibility index (Phi) is 4.67. The van der Waals surface area contributed by atoms with Crippen LogP contribution in [-0.4, -0.2) is 11.7 Å². The molecular weight excluding hydrogens is 335 g/mol. The van der Waals surface area contributed by atoms with Gasteiger partial charge in [0.05, 0.1) is 6.10 Å². The Bertz CT molecular complexity index is 581. The molecule has 0 heterocycles. The van der Waals surface area contributed by atoms with Gasteiger partial charge in [0.25, 0.3) is 0 Å². The molecule has 2 rings (SSSR count). The van der Waals surface area contributed by atoms with E-state index in [1.165, 1.54) is 24.3 Å². The number of benzene rings is 2. The summed E-state index contributed by atoms with van der Waals surface area (Å²) in [6, 6.07) is 7.48. The third-order valence-electron chi connectivity index (χ3n) is 2.73. The molecule has 6 heteroatoms. The molecule has 0 spiro atoms. The average molecular weight is 346 g/mol. The quantitative estimate of drug-likeness (QED) is 0.877. The van der Waals surface area contributed by atoms with Gasteiger partial charge in [0, 0.05) is 11.0 Å². The van der Waals surface area contributed by atoms with Crippen molar-refractivity contribution in [3.8, 4) is 0 Å². The van der Waals surface area contributed by atoms with Crippen molar-refractivity contribution < 1.29 is 18.3 Å². The molecule has 2 nitrogen and oxygen atoms in total. The zero-order valence-corrected chi connectivity index (χ0v) is 11.8. The van der Waals surface area contributed by atoms with Gasteiger partial charge in [-0.2, -0.15) is 0 Å². The topological polar surface area (TPSA) is 32.3 Å². The SMILES string of the molecule is OC(CNc1c(F)cc(Br)cc1F)c1ccc(F)cc1. The summed E-state index contributed by atoms with van der Waals surface area (Å²) >= 11 is 2.98. The van der Waals surface area contributed by atoms with Crippen molar-refractivity contribution in [2.24, 2.45) is 0 Å². The summed E-state index contributed by atoms with van der Waals surface area (Å²) in [5.74, 6) is -1.94. The molecule has 0 bridgehead atoms. The van der Waals surface area contributed by atoms with Crippen LogP contribution in [0.15, 0.2) is 40.9 Å². The van der Waals surface area contributed by atoms with Crippen LogP contribution in [0.4, 0.5) is 18.9 Å². The lowest BCUT2D eigenvalue weighted by Crippen LogP contribution is -2.14. The Hall–Kier alpha value is -1.53. The fourth-order valence-electron chi connectivity index (χ4n) is 1.71. The molecule has 0 fully saturated rings. The minimum Gasteiger partial charge on any atom is -0.387 e. The van der Waals surface area contributed by atoms with Crippen LogP contribution >= 0.6 is 15.9 Å². The van der Waals surface area contributed by atoms with Crippen LogP contribution in [0.2, 0.25) is 0 Å². The monoisotopic (exact) mass is 345 g/mol. The molecule has 20 heavy (non-hydrogen) atoms. The van der Waals surface area contributed by atoms with Gasteiger partial charge in [-0.3, -0.25) is 0 Å². The van der Waals surface area contributed by atoms with Gasteiger partial charge >= 0.3 is 0 Å². The molecule has 0 radical (unpaired) electrons. The summed E-state index contributed by atoms with van der Waals surface area (Å²) in [4.78, 5) is 0. The molecule has 2 aromatic carbocycles. The molecule has 2 aromatic rings. The Morgan fingerprint density at radius 2 is 1.60 bits per heavy atom. The molecule has 0 aliphatic heterocycles. The van der Waals surface area contributed by atoms with Crippen molar-refractivity contribution in [3.05, 3.63) is 63.9 Å². The largest absolute Gasteiger partial charge is 0.387 e. The molecule has 1 unspecified atom stereocenters. The van der Waals surface area contributed by atoms with Gasteiger partial charge in [-0.1, -0.05) is 28.1 Å². The Morgan fingerprint density at radius 1 is 1.05 bits per heavy atom. The Labute approximate surface area is 122 Å². The first-order chi connectivity index (χ1) is 9.47. The maximum absolute atomic E-state index is 13.6. The van der Waals surface area contributed by atoms with E-state index in [2.05, 4.69) is 21.2 Å². The van der Waals surface area contributed by atoms with Crippen molar-refractivity contribution in [1.82, 2.24) is 0 Å². The Morgan fingerprint density at radius 3 is 2.15 bits per heavy atom. The van der Waals surface area contributed by atoms with Gasteiger partial charge in [-0.05, 0) is 29.8 Å². The van der Waals surface area contributed by atoms with Crippen molar-refractivity contribution in [1.29, 1.82) is 0 Å². The van der Waals surface area contributed by atoms with Crippen molar-refractivity contribution >= 4 is 21.6 Å². The van der Waals surface area contributed by atoms with E-state index in [0.717, 1.165) is 12.1 Å². The predicted octanol–water partition coefficient (Wildman–Crippen LogP) is 4.01. The Balaban J connectivity index is 2.07. The summed E-state index contributed by atoms with van der Waals surface area (Å²) in [7, 11) is 0. The van der Waals surface area contributed by atoms with E-state index in [9.17, 15) is 18.3 Å². The molecule has 0 saturated heterocycles. The highest BCUT2D eigenvalue weighted by atomic mass is 79.9. The fourth-order valence-corrected chi connectivity index (χ4v) is 2.11. The highest BCUT2D eigenvalue weighted by molar-refractivity contribution is 9.10. The highest BCUT2D eigenvalue weighted by Gasteiger charge is 2.13. The van der Waals surface area contributed by atoms with E-state index in [4.69, 9.17) is 0 Å². The van der Waals surface area contributed by atoms with Crippen LogP contribution in [0.3, 0.4) is 0 Å². The number of aliphatic hydroxyl groups is 1. The third-order valence-corrected chi connectivity index (χ3v) is 3.19. The maximum Gasteiger partial charge on any atom is 0.150 e. The molecule has 0 saturated carbocycles. The standard InChI is InChI=1S/C14H11BrF3NO/c15-9-5-11(17)14(12(18)6-9)19-7-13(20)8-1-3-10(16)4-2-8/h1-6,13,19-20H,7H2. The third kappa shape index (κ3) is 3.52. The molecule has 106 valence electrons. The van der Waals surface area contributed by atoms with Gasteiger partial charge < -0.3 is 10.4 Å². The summed E-state index contributed by atoms with van der Waals surface area (Å²) < 4.78 is 40.1. The lowest BCUT2D eigenvalue weighted by molar-refractivity contribution is 0.191. The van der Waals surface area contributed by atoms with E-state index in [0.29, 0.717) is 5.56 Å². The molecular formula is C14H11BrF3NO. The van der Waals surface area contributed by atoms with Crippen LogP contribution in [0, 0.1) is 17.5 Å². The zero-order valence-electron chi connectivity index (χ0n) is 10.2. The highest BCUT2D eigenvalue weighted by Crippen LogP contribution is 2.24. The fraction of sp³-hybridized carbons (Fsp3) is 0.143. The van der Waals surface area contributed by atoms with Gasteiger partial charge in [0.15, 0.2) is 0 Å². The van der Waals surface area contributed by atoms with Crippen LogP contribution in [0.5, 0.6) is 0 Å². The van der Waals surface area contributed by atoms with E-state index >= 15 is 0 Å². The number of hydrogen-bond acceptors (Lipinski definition) is 2. The molecule has 2 N–H and O–H groups in total. The zero-order chi connectivity index (χ0) is 14.7. The smallest absolute Gasteiger partial charge is 0.150 e. The number of halogens is 4. The summed E-state index contributed by atoms with van der Waals surface area (Å²) in [5, 5.41) is 12.4. The van der Waals surface area contributed by atoms with E-state index in [-0.39, 0.29) is 16.7 Å².